The summed E-state index contributed by atoms with van der Waals surface area (Å²) in [5, 5.41) is 4.07. The van der Waals surface area contributed by atoms with Crippen LogP contribution >= 0.6 is 0 Å². The maximum atomic E-state index is 4.40. The van der Waals surface area contributed by atoms with Gasteiger partial charge in [0.2, 0.25) is 0 Å². The van der Waals surface area contributed by atoms with Crippen molar-refractivity contribution in [2.24, 2.45) is 7.05 Å². The summed E-state index contributed by atoms with van der Waals surface area (Å²) in [6, 6.07) is 8.23. The minimum Gasteiger partial charge on any atom is -0.353 e. The van der Waals surface area contributed by atoms with Crippen molar-refractivity contribution < 1.29 is 21.1 Å². The first kappa shape index (κ1) is 13.8. The van der Waals surface area contributed by atoms with E-state index in [1.54, 1.807) is 10.9 Å². The van der Waals surface area contributed by atoms with Gasteiger partial charge in [0.1, 0.15) is 0 Å². The van der Waals surface area contributed by atoms with Crippen LogP contribution in [0.3, 0.4) is 0 Å². The SMILES string of the molecule is Cc1ccccc1-n1ccnc1-c1[c-]nn(C)c1.[Pt]. The van der Waals surface area contributed by atoms with Gasteiger partial charge < -0.3 is 14.2 Å². The Balaban J connectivity index is 0.00000133. The number of rotatable bonds is 2. The Morgan fingerprint density at radius 1 is 1.21 bits per heavy atom. The number of imidazole rings is 1. The largest absolute Gasteiger partial charge is 0.353 e. The fourth-order valence-electron chi connectivity index (χ4n) is 2.02. The fourth-order valence-corrected chi connectivity index (χ4v) is 2.02. The van der Waals surface area contributed by atoms with E-state index in [2.05, 4.69) is 39.9 Å². The standard InChI is InChI=1S/C14H13N4.Pt/c1-11-5-3-4-6-13(11)18-8-7-15-14(18)12-9-16-17(2)10-12;/h3-8,10H,1-2H3;/q-1;. The summed E-state index contributed by atoms with van der Waals surface area (Å²) in [6.07, 6.45) is 8.63. The van der Waals surface area contributed by atoms with Crippen LogP contribution in [0.25, 0.3) is 17.1 Å². The summed E-state index contributed by atoms with van der Waals surface area (Å²) in [5.74, 6) is 0.859. The molecular weight excluding hydrogens is 419 g/mol. The van der Waals surface area contributed by atoms with Crippen LogP contribution in [0.5, 0.6) is 0 Å². The Kier molecular flexibility index (Phi) is 4.01. The molecule has 2 heterocycles. The summed E-state index contributed by atoms with van der Waals surface area (Å²) < 4.78 is 3.79. The normalized spacial score (nSPS) is 10.2. The summed E-state index contributed by atoms with van der Waals surface area (Å²) >= 11 is 0. The molecule has 0 fully saturated rings. The van der Waals surface area contributed by atoms with Crippen LogP contribution in [0, 0.1) is 13.1 Å². The van der Waals surface area contributed by atoms with Crippen LogP contribution in [-0.2, 0) is 28.1 Å². The van der Waals surface area contributed by atoms with Crippen LogP contribution in [-0.4, -0.2) is 19.3 Å². The minimum absolute atomic E-state index is 0. The molecule has 0 radical (unpaired) electrons. The van der Waals surface area contributed by atoms with Crippen molar-refractivity contribution in [3.05, 3.63) is 54.6 Å². The van der Waals surface area contributed by atoms with E-state index in [4.69, 9.17) is 0 Å². The van der Waals surface area contributed by atoms with Crippen molar-refractivity contribution >= 4 is 0 Å². The number of benzene rings is 1. The van der Waals surface area contributed by atoms with Gasteiger partial charge in [-0.05, 0) is 24.8 Å². The van der Waals surface area contributed by atoms with Crippen molar-refractivity contribution in [1.29, 1.82) is 0 Å². The predicted molar refractivity (Wildman–Crippen MR) is 69.3 cm³/mol. The molecule has 0 bridgehead atoms. The number of aromatic nitrogens is 4. The molecule has 0 aliphatic carbocycles. The van der Waals surface area contributed by atoms with E-state index in [9.17, 15) is 0 Å². The van der Waals surface area contributed by atoms with Crippen molar-refractivity contribution in [3.8, 4) is 17.1 Å². The monoisotopic (exact) mass is 432 g/mol. The number of hydrogen-bond acceptors (Lipinski definition) is 2. The Labute approximate surface area is 126 Å². The third-order valence-electron chi connectivity index (χ3n) is 2.90. The molecule has 0 aliphatic rings. The van der Waals surface area contributed by atoms with E-state index in [-0.39, 0.29) is 21.1 Å². The van der Waals surface area contributed by atoms with E-state index in [0.717, 1.165) is 17.1 Å². The molecular formula is C14H13N4Pt-. The smallest absolute Gasteiger partial charge is 0.0381 e. The zero-order chi connectivity index (χ0) is 12.5. The minimum atomic E-state index is 0. The van der Waals surface area contributed by atoms with E-state index < -0.39 is 0 Å². The maximum Gasteiger partial charge on any atom is 0.0381 e. The first-order chi connectivity index (χ1) is 8.75. The average molecular weight is 432 g/mol. The van der Waals surface area contributed by atoms with Gasteiger partial charge >= 0.3 is 0 Å². The van der Waals surface area contributed by atoms with Gasteiger partial charge in [-0.25, -0.2) is 0 Å². The molecule has 0 aliphatic heterocycles. The first-order valence-corrected chi connectivity index (χ1v) is 5.77. The third-order valence-corrected chi connectivity index (χ3v) is 2.90. The second-order valence-electron chi connectivity index (χ2n) is 4.24. The van der Waals surface area contributed by atoms with Gasteiger partial charge in [0.25, 0.3) is 0 Å². The second-order valence-corrected chi connectivity index (χ2v) is 4.24. The van der Waals surface area contributed by atoms with Crippen molar-refractivity contribution in [2.45, 2.75) is 6.92 Å². The van der Waals surface area contributed by atoms with E-state index >= 15 is 0 Å². The Morgan fingerprint density at radius 2 is 2.00 bits per heavy atom. The summed E-state index contributed by atoms with van der Waals surface area (Å²) in [7, 11) is 1.88. The van der Waals surface area contributed by atoms with Crippen LogP contribution < -0.4 is 0 Å². The molecule has 3 aromatic rings. The van der Waals surface area contributed by atoms with E-state index in [1.165, 1.54) is 5.56 Å². The quantitative estimate of drug-likeness (QED) is 0.583. The van der Waals surface area contributed by atoms with Gasteiger partial charge in [-0.2, -0.15) is 0 Å². The molecule has 0 N–H and O–H groups in total. The van der Waals surface area contributed by atoms with Crippen LogP contribution in [0.1, 0.15) is 5.56 Å². The van der Waals surface area contributed by atoms with Crippen molar-refractivity contribution in [1.82, 2.24) is 19.3 Å². The van der Waals surface area contributed by atoms with E-state index in [1.807, 2.05) is 31.6 Å². The molecule has 0 spiro atoms. The van der Waals surface area contributed by atoms with Gasteiger partial charge in [-0.1, -0.05) is 24.4 Å². The Hall–Kier alpha value is -1.67. The van der Waals surface area contributed by atoms with Crippen molar-refractivity contribution in [3.63, 3.8) is 0 Å². The summed E-state index contributed by atoms with van der Waals surface area (Å²) in [4.78, 5) is 4.40. The third kappa shape index (κ3) is 2.54. The maximum absolute atomic E-state index is 4.40. The number of nitrogens with zero attached hydrogens (tertiary/aromatic N) is 4. The van der Waals surface area contributed by atoms with Gasteiger partial charge in [-0.3, -0.25) is 5.10 Å². The average Bonchev–Trinajstić information content (AvgIpc) is 2.98. The molecule has 0 unspecified atom stereocenters. The topological polar surface area (TPSA) is 35.6 Å². The molecule has 0 saturated carbocycles. The fraction of sp³-hybridized carbons (Fsp3) is 0.143. The van der Waals surface area contributed by atoms with Crippen molar-refractivity contribution in [2.75, 3.05) is 0 Å². The first-order valence-electron chi connectivity index (χ1n) is 5.77. The van der Waals surface area contributed by atoms with Crippen LogP contribution in [0.2, 0.25) is 0 Å². The molecule has 3 rings (SSSR count). The number of hydrogen-bond donors (Lipinski definition) is 0. The van der Waals surface area contributed by atoms with Gasteiger partial charge in [0.05, 0.1) is 0 Å². The van der Waals surface area contributed by atoms with Gasteiger partial charge in [0, 0.05) is 52.0 Å². The number of para-hydroxylation sites is 1. The second kappa shape index (κ2) is 5.53. The molecule has 1 aromatic carbocycles. The van der Waals surface area contributed by atoms with Gasteiger partial charge in [-0.15, -0.1) is 5.56 Å². The van der Waals surface area contributed by atoms with Crippen LogP contribution in [0.15, 0.2) is 42.9 Å². The molecule has 100 valence electrons. The zero-order valence-electron chi connectivity index (χ0n) is 10.6. The Bertz CT molecular complexity index is 684. The van der Waals surface area contributed by atoms with E-state index in [0.29, 0.717) is 0 Å². The zero-order valence-corrected chi connectivity index (χ0v) is 12.9. The summed E-state index contributed by atoms with van der Waals surface area (Å²) in [6.45, 7) is 2.09. The Morgan fingerprint density at radius 3 is 2.68 bits per heavy atom. The predicted octanol–water partition coefficient (Wildman–Crippen LogP) is 2.38. The molecule has 2 aromatic heterocycles. The molecule has 0 saturated heterocycles. The molecule has 0 atom stereocenters. The summed E-state index contributed by atoms with van der Waals surface area (Å²) in [5.41, 5.74) is 3.23. The van der Waals surface area contributed by atoms with Gasteiger partial charge in [0.15, 0.2) is 0 Å². The molecule has 19 heavy (non-hydrogen) atoms. The molecule has 4 nitrogen and oxygen atoms in total. The molecule has 0 amide bonds. The molecule has 5 heteroatoms. The van der Waals surface area contributed by atoms with Crippen LogP contribution in [0.4, 0.5) is 0 Å². The number of aryl methyl sites for hydroxylation is 2.